The first-order valence-electron chi connectivity index (χ1n) is 5.75. The largest absolute Gasteiger partial charge is 0.494 e. The van der Waals surface area contributed by atoms with Gasteiger partial charge in [-0.15, -0.1) is 0 Å². The smallest absolute Gasteiger partial charge is 0.123 e. The lowest BCUT2D eigenvalue weighted by Crippen LogP contribution is -2.19. The van der Waals surface area contributed by atoms with Crippen molar-refractivity contribution < 1.29 is 4.74 Å². The molecule has 3 heteroatoms. The Morgan fingerprint density at radius 2 is 2.12 bits per heavy atom. The fourth-order valence-electron chi connectivity index (χ4n) is 1.48. The van der Waals surface area contributed by atoms with E-state index in [-0.39, 0.29) is 0 Å². The molecule has 16 heavy (non-hydrogen) atoms. The summed E-state index contributed by atoms with van der Waals surface area (Å²) in [5, 5.41) is 4.14. The lowest BCUT2D eigenvalue weighted by Gasteiger charge is -2.12. The van der Waals surface area contributed by atoms with Gasteiger partial charge < -0.3 is 10.1 Å². The van der Waals surface area contributed by atoms with E-state index in [2.05, 4.69) is 19.2 Å². The second-order valence-corrected chi connectivity index (χ2v) is 4.65. The summed E-state index contributed by atoms with van der Waals surface area (Å²) in [5.41, 5.74) is 1.12. The van der Waals surface area contributed by atoms with Crippen molar-refractivity contribution in [3.8, 4) is 5.75 Å². The Bertz CT molecular complexity index is 326. The van der Waals surface area contributed by atoms with Gasteiger partial charge in [0, 0.05) is 17.1 Å². The van der Waals surface area contributed by atoms with Crippen LogP contribution in [0.25, 0.3) is 0 Å². The number of nitrogens with one attached hydrogen (secondary N) is 1. The van der Waals surface area contributed by atoms with Crippen LogP contribution >= 0.6 is 11.6 Å². The summed E-state index contributed by atoms with van der Waals surface area (Å²) in [5.74, 6) is 1.57. The van der Waals surface area contributed by atoms with E-state index < -0.39 is 0 Å². The monoisotopic (exact) mass is 241 g/mol. The van der Waals surface area contributed by atoms with E-state index in [1.807, 2.05) is 25.1 Å². The van der Waals surface area contributed by atoms with Crippen LogP contribution in [-0.4, -0.2) is 13.2 Å². The zero-order chi connectivity index (χ0) is 12.0. The minimum Gasteiger partial charge on any atom is -0.494 e. The van der Waals surface area contributed by atoms with Crippen molar-refractivity contribution >= 4 is 11.6 Å². The van der Waals surface area contributed by atoms with E-state index in [9.17, 15) is 0 Å². The van der Waals surface area contributed by atoms with E-state index >= 15 is 0 Å². The quantitative estimate of drug-likeness (QED) is 0.823. The zero-order valence-electron chi connectivity index (χ0n) is 10.2. The van der Waals surface area contributed by atoms with Gasteiger partial charge >= 0.3 is 0 Å². The van der Waals surface area contributed by atoms with Gasteiger partial charge in [0.2, 0.25) is 0 Å². The predicted octanol–water partition coefficient (Wildman–Crippen LogP) is 3.48. The number of benzene rings is 1. The van der Waals surface area contributed by atoms with Crippen LogP contribution in [0.15, 0.2) is 18.2 Å². The van der Waals surface area contributed by atoms with Crippen LogP contribution in [0.3, 0.4) is 0 Å². The predicted molar refractivity (Wildman–Crippen MR) is 69.2 cm³/mol. The molecule has 0 bridgehead atoms. The van der Waals surface area contributed by atoms with Crippen molar-refractivity contribution in [3.63, 3.8) is 0 Å². The Labute approximate surface area is 103 Å². The molecule has 0 saturated carbocycles. The van der Waals surface area contributed by atoms with Gasteiger partial charge in [0.15, 0.2) is 0 Å². The molecule has 1 rings (SSSR count). The maximum Gasteiger partial charge on any atom is 0.123 e. The number of hydrogen-bond acceptors (Lipinski definition) is 2. The van der Waals surface area contributed by atoms with Gasteiger partial charge in [-0.25, -0.2) is 0 Å². The molecule has 1 aromatic rings. The first kappa shape index (κ1) is 13.3. The number of hydrogen-bond donors (Lipinski definition) is 1. The molecule has 0 aliphatic heterocycles. The van der Waals surface area contributed by atoms with E-state index in [0.29, 0.717) is 12.5 Å². The lowest BCUT2D eigenvalue weighted by molar-refractivity contribution is 0.335. The van der Waals surface area contributed by atoms with Crippen LogP contribution in [0.4, 0.5) is 0 Å². The van der Waals surface area contributed by atoms with E-state index in [4.69, 9.17) is 16.3 Å². The summed E-state index contributed by atoms with van der Waals surface area (Å²) < 4.78 is 5.55. The van der Waals surface area contributed by atoms with Crippen molar-refractivity contribution in [1.82, 2.24) is 5.32 Å². The Morgan fingerprint density at radius 1 is 1.38 bits per heavy atom. The molecule has 1 aromatic carbocycles. The minimum atomic E-state index is 0.648. The van der Waals surface area contributed by atoms with Gasteiger partial charge in [0.1, 0.15) is 5.75 Å². The maximum atomic E-state index is 5.98. The average molecular weight is 242 g/mol. The molecular weight excluding hydrogens is 222 g/mol. The summed E-state index contributed by atoms with van der Waals surface area (Å²) in [4.78, 5) is 0. The van der Waals surface area contributed by atoms with Crippen LogP contribution in [0.5, 0.6) is 5.75 Å². The molecule has 0 saturated heterocycles. The minimum absolute atomic E-state index is 0.648. The third kappa shape index (κ3) is 4.42. The number of halogens is 1. The van der Waals surface area contributed by atoms with Gasteiger partial charge in [-0.1, -0.05) is 25.4 Å². The molecule has 0 unspecified atom stereocenters. The molecule has 2 nitrogen and oxygen atoms in total. The van der Waals surface area contributed by atoms with Gasteiger partial charge in [-0.2, -0.15) is 0 Å². The summed E-state index contributed by atoms with van der Waals surface area (Å²) in [6.45, 7) is 8.84. The highest BCUT2D eigenvalue weighted by Gasteiger charge is 2.04. The Kier molecular flexibility index (Phi) is 5.64. The van der Waals surface area contributed by atoms with Crippen molar-refractivity contribution in [3.05, 3.63) is 28.8 Å². The summed E-state index contributed by atoms with van der Waals surface area (Å²) in [7, 11) is 0. The summed E-state index contributed by atoms with van der Waals surface area (Å²) >= 11 is 5.98. The SMILES string of the molecule is CCOc1ccc(Cl)cc1CNCC(C)C. The molecule has 0 aliphatic carbocycles. The molecule has 0 heterocycles. The number of ether oxygens (including phenoxy) is 1. The van der Waals surface area contributed by atoms with Crippen LogP contribution in [-0.2, 0) is 6.54 Å². The van der Waals surface area contributed by atoms with Crippen molar-refractivity contribution in [1.29, 1.82) is 0 Å². The first-order chi connectivity index (χ1) is 7.63. The molecule has 0 radical (unpaired) electrons. The van der Waals surface area contributed by atoms with Gasteiger partial charge in [-0.3, -0.25) is 0 Å². The second kappa shape index (κ2) is 6.77. The molecule has 0 atom stereocenters. The number of rotatable bonds is 6. The summed E-state index contributed by atoms with van der Waals surface area (Å²) in [6, 6.07) is 5.75. The summed E-state index contributed by atoms with van der Waals surface area (Å²) in [6.07, 6.45) is 0. The van der Waals surface area contributed by atoms with Crippen LogP contribution in [0, 0.1) is 5.92 Å². The van der Waals surface area contributed by atoms with Gasteiger partial charge in [-0.05, 0) is 37.6 Å². The second-order valence-electron chi connectivity index (χ2n) is 4.21. The Morgan fingerprint density at radius 3 is 2.75 bits per heavy atom. The first-order valence-corrected chi connectivity index (χ1v) is 6.13. The van der Waals surface area contributed by atoms with Crippen LogP contribution in [0.2, 0.25) is 5.02 Å². The molecule has 0 aliphatic rings. The van der Waals surface area contributed by atoms with Crippen molar-refractivity contribution in [2.75, 3.05) is 13.2 Å². The standard InChI is InChI=1S/C13H20ClNO/c1-4-16-13-6-5-12(14)7-11(13)9-15-8-10(2)3/h5-7,10,15H,4,8-9H2,1-3H3. The maximum absolute atomic E-state index is 5.98. The molecule has 0 amide bonds. The molecule has 0 aromatic heterocycles. The highest BCUT2D eigenvalue weighted by Crippen LogP contribution is 2.22. The Balaban J connectivity index is 2.64. The van der Waals surface area contributed by atoms with Crippen LogP contribution < -0.4 is 10.1 Å². The zero-order valence-corrected chi connectivity index (χ0v) is 11.0. The third-order valence-electron chi connectivity index (χ3n) is 2.19. The van der Waals surface area contributed by atoms with E-state index in [0.717, 1.165) is 29.4 Å². The molecule has 1 N–H and O–H groups in total. The fourth-order valence-corrected chi connectivity index (χ4v) is 1.67. The Hall–Kier alpha value is -0.730. The van der Waals surface area contributed by atoms with Gasteiger partial charge in [0.05, 0.1) is 6.61 Å². The highest BCUT2D eigenvalue weighted by atomic mass is 35.5. The molecule has 0 fully saturated rings. The van der Waals surface area contributed by atoms with Crippen molar-refractivity contribution in [2.45, 2.75) is 27.3 Å². The average Bonchev–Trinajstić information content (AvgIpc) is 2.21. The lowest BCUT2D eigenvalue weighted by atomic mass is 10.2. The molecule has 0 spiro atoms. The van der Waals surface area contributed by atoms with Crippen molar-refractivity contribution in [2.24, 2.45) is 5.92 Å². The van der Waals surface area contributed by atoms with E-state index in [1.165, 1.54) is 0 Å². The fraction of sp³-hybridized carbons (Fsp3) is 0.538. The normalized spacial score (nSPS) is 10.8. The molecular formula is C13H20ClNO. The van der Waals surface area contributed by atoms with Crippen LogP contribution in [0.1, 0.15) is 26.3 Å². The highest BCUT2D eigenvalue weighted by molar-refractivity contribution is 6.30. The van der Waals surface area contributed by atoms with Gasteiger partial charge in [0.25, 0.3) is 0 Å². The third-order valence-corrected chi connectivity index (χ3v) is 2.43. The molecule has 90 valence electrons. The van der Waals surface area contributed by atoms with E-state index in [1.54, 1.807) is 0 Å². The topological polar surface area (TPSA) is 21.3 Å².